The van der Waals surface area contributed by atoms with E-state index in [4.69, 9.17) is 4.74 Å². The number of nitrogens with one attached hydrogen (secondary N) is 1. The molecule has 1 amide bonds. The molecule has 4 aromatic rings. The fraction of sp³-hybridized carbons (Fsp3) is 0.250. The first kappa shape index (κ1) is 22.6. The van der Waals surface area contributed by atoms with E-state index in [0.717, 1.165) is 33.3 Å². The van der Waals surface area contributed by atoms with Gasteiger partial charge in [0.1, 0.15) is 11.6 Å². The van der Waals surface area contributed by atoms with E-state index in [9.17, 15) is 9.18 Å². The van der Waals surface area contributed by atoms with Crippen molar-refractivity contribution in [2.45, 2.75) is 32.2 Å². The quantitative estimate of drug-likeness (QED) is 0.340. The number of aromatic nitrogens is 1. The monoisotopic (exact) mass is 444 g/mol. The van der Waals surface area contributed by atoms with Crippen LogP contribution in [0.5, 0.6) is 5.75 Å². The Morgan fingerprint density at radius 3 is 2.52 bits per heavy atom. The van der Waals surface area contributed by atoms with E-state index in [1.807, 2.05) is 66.6 Å². The van der Waals surface area contributed by atoms with E-state index >= 15 is 0 Å². The van der Waals surface area contributed by atoms with Gasteiger partial charge in [-0.15, -0.1) is 0 Å². The smallest absolute Gasteiger partial charge is 0.230 e. The van der Waals surface area contributed by atoms with Crippen molar-refractivity contribution in [3.8, 4) is 5.75 Å². The molecule has 1 atom stereocenters. The minimum absolute atomic E-state index is 0.0884. The minimum atomic E-state index is -0.278. The molecule has 4 rings (SSSR count). The third-order valence-corrected chi connectivity index (χ3v) is 6.13. The number of fused-ring (bicyclic) bond motifs is 1. The van der Waals surface area contributed by atoms with Crippen LogP contribution in [0, 0.1) is 5.82 Å². The molecular formula is C28H29FN2O2. The molecule has 5 heteroatoms. The first-order chi connectivity index (χ1) is 16.1. The summed E-state index contributed by atoms with van der Waals surface area (Å²) in [4.78, 5) is 18.9. The molecule has 170 valence electrons. The molecule has 1 unspecified atom stereocenters. The molecule has 1 N–H and O–H groups in total. The van der Waals surface area contributed by atoms with Crippen molar-refractivity contribution >= 4 is 16.8 Å². The van der Waals surface area contributed by atoms with Crippen LogP contribution in [0.4, 0.5) is 4.39 Å². The number of H-pyrrole nitrogens is 1. The number of aromatic amines is 1. The first-order valence-corrected chi connectivity index (χ1v) is 11.3. The lowest BCUT2D eigenvalue weighted by Gasteiger charge is -2.27. The van der Waals surface area contributed by atoms with Crippen LogP contribution in [-0.2, 0) is 17.8 Å². The highest BCUT2D eigenvalue weighted by Crippen LogP contribution is 2.26. The minimum Gasteiger partial charge on any atom is -0.497 e. The lowest BCUT2D eigenvalue weighted by Crippen LogP contribution is -2.36. The molecule has 33 heavy (non-hydrogen) atoms. The Hall–Kier alpha value is -3.60. The number of carbonyl (C=O) groups excluding carboxylic acids is 1. The molecule has 1 heterocycles. The summed E-state index contributed by atoms with van der Waals surface area (Å²) in [6, 6.07) is 22.2. The predicted molar refractivity (Wildman–Crippen MR) is 130 cm³/mol. The van der Waals surface area contributed by atoms with Crippen molar-refractivity contribution in [1.29, 1.82) is 0 Å². The molecule has 0 fully saturated rings. The Morgan fingerprint density at radius 1 is 1.06 bits per heavy atom. The molecule has 0 spiro atoms. The Bertz CT molecular complexity index is 1200. The van der Waals surface area contributed by atoms with Gasteiger partial charge in [-0.2, -0.15) is 0 Å². The third-order valence-electron chi connectivity index (χ3n) is 6.13. The van der Waals surface area contributed by atoms with Gasteiger partial charge in [-0.3, -0.25) is 4.79 Å². The maximum Gasteiger partial charge on any atom is 0.230 e. The summed E-state index contributed by atoms with van der Waals surface area (Å²) < 4.78 is 18.8. The summed E-state index contributed by atoms with van der Waals surface area (Å²) in [5, 5.41) is 1.10. The van der Waals surface area contributed by atoms with E-state index < -0.39 is 0 Å². The number of benzene rings is 3. The van der Waals surface area contributed by atoms with Crippen LogP contribution < -0.4 is 4.74 Å². The van der Waals surface area contributed by atoms with Gasteiger partial charge in [0.25, 0.3) is 0 Å². The zero-order valence-electron chi connectivity index (χ0n) is 19.1. The van der Waals surface area contributed by atoms with Gasteiger partial charge in [0, 0.05) is 30.2 Å². The second-order valence-corrected chi connectivity index (χ2v) is 8.23. The molecule has 3 aromatic carbocycles. The van der Waals surface area contributed by atoms with Gasteiger partial charge in [0.05, 0.1) is 13.0 Å². The number of halogens is 1. The van der Waals surface area contributed by atoms with Crippen LogP contribution in [0.2, 0.25) is 0 Å². The number of nitrogens with zero attached hydrogens (tertiary/aromatic N) is 1. The van der Waals surface area contributed by atoms with Crippen molar-refractivity contribution in [1.82, 2.24) is 9.88 Å². The highest BCUT2D eigenvalue weighted by Gasteiger charge is 2.25. The first-order valence-electron chi connectivity index (χ1n) is 11.3. The number of rotatable bonds is 9. The lowest BCUT2D eigenvalue weighted by molar-refractivity contribution is -0.133. The van der Waals surface area contributed by atoms with Crippen molar-refractivity contribution in [2.75, 3.05) is 13.7 Å². The maximum atomic E-state index is 13.7. The summed E-state index contributed by atoms with van der Waals surface area (Å²) >= 11 is 0. The zero-order chi connectivity index (χ0) is 23.2. The van der Waals surface area contributed by atoms with Gasteiger partial charge in [0.2, 0.25) is 5.91 Å². The molecule has 1 aromatic heterocycles. The molecule has 0 radical (unpaired) electrons. The molecular weight excluding hydrogens is 415 g/mol. The van der Waals surface area contributed by atoms with Crippen molar-refractivity contribution in [3.05, 3.63) is 102 Å². The van der Waals surface area contributed by atoms with Crippen LogP contribution in [0.3, 0.4) is 0 Å². The fourth-order valence-electron chi connectivity index (χ4n) is 4.28. The summed E-state index contributed by atoms with van der Waals surface area (Å²) in [6.45, 7) is 3.04. The molecule has 0 aliphatic rings. The summed E-state index contributed by atoms with van der Waals surface area (Å²) in [6.07, 6.45) is 3.41. The normalized spacial score (nSPS) is 12.0. The molecule has 0 saturated heterocycles. The van der Waals surface area contributed by atoms with E-state index in [-0.39, 0.29) is 17.6 Å². The molecule has 0 aliphatic carbocycles. The molecule has 0 bridgehead atoms. The van der Waals surface area contributed by atoms with E-state index in [1.54, 1.807) is 19.2 Å². The number of amides is 1. The predicted octanol–water partition coefficient (Wildman–Crippen LogP) is 6.08. The van der Waals surface area contributed by atoms with E-state index in [2.05, 4.69) is 4.98 Å². The maximum absolute atomic E-state index is 13.7. The van der Waals surface area contributed by atoms with Gasteiger partial charge in [-0.25, -0.2) is 4.39 Å². The number of hydrogen-bond acceptors (Lipinski definition) is 2. The molecule has 0 aliphatic heterocycles. The van der Waals surface area contributed by atoms with Crippen molar-refractivity contribution in [3.63, 3.8) is 0 Å². The highest BCUT2D eigenvalue weighted by atomic mass is 19.1. The van der Waals surface area contributed by atoms with Gasteiger partial charge in [0.15, 0.2) is 0 Å². The van der Waals surface area contributed by atoms with Crippen LogP contribution >= 0.6 is 0 Å². The Balaban J connectivity index is 1.59. The van der Waals surface area contributed by atoms with Gasteiger partial charge in [-0.1, -0.05) is 49.4 Å². The Kier molecular flexibility index (Phi) is 7.08. The standard InChI is InChI=1S/C28H29FN2O2/c1-3-25(21-7-5-4-6-8-21)28(32)31(19-20-9-11-23(29)12-10-20)16-15-22-18-30-27-14-13-24(33-2)17-26(22)27/h4-14,17-18,25,30H,3,15-16,19H2,1-2H3. The van der Waals surface area contributed by atoms with Crippen molar-refractivity contribution < 1.29 is 13.9 Å². The summed E-state index contributed by atoms with van der Waals surface area (Å²) in [5.41, 5.74) is 4.10. The number of carbonyl (C=O) groups is 1. The Labute approximate surface area is 194 Å². The van der Waals surface area contributed by atoms with E-state index in [0.29, 0.717) is 25.9 Å². The molecule has 4 nitrogen and oxygen atoms in total. The Morgan fingerprint density at radius 2 is 1.82 bits per heavy atom. The number of methoxy groups -OCH3 is 1. The van der Waals surface area contributed by atoms with E-state index in [1.165, 1.54) is 12.1 Å². The topological polar surface area (TPSA) is 45.3 Å². The fourth-order valence-corrected chi connectivity index (χ4v) is 4.28. The van der Waals surface area contributed by atoms with Gasteiger partial charge < -0.3 is 14.6 Å². The summed E-state index contributed by atoms with van der Waals surface area (Å²) in [5.74, 6) is 0.401. The van der Waals surface area contributed by atoms with Gasteiger partial charge in [-0.05, 0) is 59.9 Å². The summed E-state index contributed by atoms with van der Waals surface area (Å²) in [7, 11) is 1.66. The van der Waals surface area contributed by atoms with Crippen LogP contribution in [0.15, 0.2) is 79.0 Å². The number of ether oxygens (including phenoxy) is 1. The SMILES string of the molecule is CCC(C(=O)N(CCc1c[nH]c2ccc(OC)cc12)Cc1ccc(F)cc1)c1ccccc1. The lowest BCUT2D eigenvalue weighted by atomic mass is 9.94. The molecule has 0 saturated carbocycles. The number of hydrogen-bond donors (Lipinski definition) is 1. The highest BCUT2D eigenvalue weighted by molar-refractivity contribution is 5.85. The zero-order valence-corrected chi connectivity index (χ0v) is 19.1. The third kappa shape index (κ3) is 5.25. The second-order valence-electron chi connectivity index (χ2n) is 8.23. The van der Waals surface area contributed by atoms with Crippen molar-refractivity contribution in [2.24, 2.45) is 0 Å². The van der Waals surface area contributed by atoms with Gasteiger partial charge >= 0.3 is 0 Å². The van der Waals surface area contributed by atoms with Crippen LogP contribution in [0.1, 0.15) is 36.0 Å². The van der Waals surface area contributed by atoms with Crippen LogP contribution in [0.25, 0.3) is 10.9 Å². The average Bonchev–Trinajstić information content (AvgIpc) is 3.26. The largest absolute Gasteiger partial charge is 0.497 e. The average molecular weight is 445 g/mol. The van der Waals surface area contributed by atoms with Crippen LogP contribution in [-0.4, -0.2) is 29.4 Å². The second kappa shape index (κ2) is 10.3.